The van der Waals surface area contributed by atoms with Gasteiger partial charge in [0.25, 0.3) is 0 Å². The van der Waals surface area contributed by atoms with Gasteiger partial charge in [-0.3, -0.25) is 0 Å². The van der Waals surface area contributed by atoms with Gasteiger partial charge < -0.3 is 20.6 Å². The van der Waals surface area contributed by atoms with Gasteiger partial charge in [-0.25, -0.2) is 18.1 Å². The molecule has 0 spiro atoms. The Kier molecular flexibility index (Phi) is 6.51. The molecule has 0 radical (unpaired) electrons. The lowest BCUT2D eigenvalue weighted by Gasteiger charge is -2.37. The van der Waals surface area contributed by atoms with Gasteiger partial charge in [0.1, 0.15) is 6.07 Å². The smallest absolute Gasteiger partial charge is 0.247 e. The molecule has 0 bridgehead atoms. The first-order valence-corrected chi connectivity index (χ1v) is 13.8. The highest BCUT2D eigenvalue weighted by Crippen LogP contribution is 2.37. The average Bonchev–Trinajstić information content (AvgIpc) is 3.57. The number of β-amino-alcohol motifs (C(OH)–C–C–N with tert-alkyl or cyclic N) is 1. The molecule has 3 heterocycles. The van der Waals surface area contributed by atoms with Gasteiger partial charge in [0, 0.05) is 19.1 Å². The summed E-state index contributed by atoms with van der Waals surface area (Å²) < 4.78 is 27.0. The van der Waals surface area contributed by atoms with Gasteiger partial charge in [-0.1, -0.05) is 11.6 Å². The summed E-state index contributed by atoms with van der Waals surface area (Å²) in [5, 5.41) is 40.7. The number of benzene rings is 1. The van der Waals surface area contributed by atoms with E-state index in [2.05, 4.69) is 42.6 Å². The third kappa shape index (κ3) is 5.38. The first kappa shape index (κ1) is 25.0. The monoisotopic (exact) mass is 542 g/mol. The van der Waals surface area contributed by atoms with Gasteiger partial charge in [0.05, 0.1) is 52.6 Å². The zero-order valence-corrected chi connectivity index (χ0v) is 21.3. The van der Waals surface area contributed by atoms with Crippen LogP contribution >= 0.6 is 11.6 Å². The number of nitriles is 2. The second-order valence-corrected chi connectivity index (χ2v) is 11.2. The van der Waals surface area contributed by atoms with Crippen molar-refractivity contribution in [3.8, 4) is 12.1 Å². The van der Waals surface area contributed by atoms with E-state index < -0.39 is 22.2 Å². The molecule has 4 N–H and O–H groups in total. The zero-order valence-electron chi connectivity index (χ0n) is 19.7. The number of hydrogen-bond donors (Lipinski definition) is 4. The van der Waals surface area contributed by atoms with Crippen molar-refractivity contribution in [1.82, 2.24) is 24.3 Å². The highest BCUT2D eigenvalue weighted by atomic mass is 35.5. The molecule has 2 atom stereocenters. The maximum atomic E-state index is 11.6. The quantitative estimate of drug-likeness (QED) is 0.337. The normalized spacial score (nSPS) is 19.9. The van der Waals surface area contributed by atoms with E-state index in [4.69, 9.17) is 11.6 Å². The third-order valence-electron chi connectivity index (χ3n) is 6.11. The maximum absolute atomic E-state index is 11.6. The fraction of sp³-hybridized carbons (Fsp3) is 0.409. The van der Waals surface area contributed by atoms with E-state index in [0.717, 1.165) is 19.1 Å². The summed E-state index contributed by atoms with van der Waals surface area (Å²) in [7, 11) is -3.48. The summed E-state index contributed by atoms with van der Waals surface area (Å²) in [5.74, 6) is 0.613. The van der Waals surface area contributed by atoms with Gasteiger partial charge in [-0.05, 0) is 31.4 Å². The van der Waals surface area contributed by atoms with Crippen LogP contribution in [0.1, 0.15) is 30.5 Å². The van der Waals surface area contributed by atoms with Crippen molar-refractivity contribution in [3.05, 3.63) is 34.6 Å². The van der Waals surface area contributed by atoms with Gasteiger partial charge in [0.2, 0.25) is 16.0 Å². The predicted molar refractivity (Wildman–Crippen MR) is 136 cm³/mol. The molecular weight excluding hydrogens is 520 g/mol. The Balaban J connectivity index is 1.47. The molecule has 15 heteroatoms. The lowest BCUT2D eigenvalue weighted by atomic mass is 10.0. The molecule has 1 aliphatic carbocycles. The maximum Gasteiger partial charge on any atom is 0.247 e. The van der Waals surface area contributed by atoms with E-state index in [9.17, 15) is 24.0 Å². The highest BCUT2D eigenvalue weighted by Gasteiger charge is 2.31. The number of anilines is 4. The first-order valence-electron chi connectivity index (χ1n) is 11.5. The molecule has 1 aliphatic heterocycles. The Hall–Kier alpha value is -3.69. The van der Waals surface area contributed by atoms with Crippen LogP contribution in [-0.2, 0) is 10.0 Å². The van der Waals surface area contributed by atoms with Gasteiger partial charge in [0.15, 0.2) is 17.2 Å². The number of aliphatic hydroxyl groups is 1. The zero-order chi connectivity index (χ0) is 26.3. The van der Waals surface area contributed by atoms with Gasteiger partial charge >= 0.3 is 0 Å². The molecule has 3 aromatic rings. The van der Waals surface area contributed by atoms with Crippen LogP contribution in [0, 0.1) is 22.7 Å². The number of piperidine rings is 1. The topological polar surface area (TPSA) is 184 Å². The number of sulfonamides is 1. The van der Waals surface area contributed by atoms with Crippen molar-refractivity contribution in [1.29, 1.82) is 10.5 Å². The second-order valence-electron chi connectivity index (χ2n) is 9.09. The Morgan fingerprint density at radius 1 is 1.22 bits per heavy atom. The van der Waals surface area contributed by atoms with E-state index >= 15 is 0 Å². The van der Waals surface area contributed by atoms with Crippen molar-refractivity contribution >= 4 is 50.4 Å². The number of aliphatic hydroxyl groups excluding tert-OH is 1. The molecule has 2 fully saturated rings. The van der Waals surface area contributed by atoms with Gasteiger partial charge in [-0.15, -0.1) is 5.10 Å². The lowest BCUT2D eigenvalue weighted by Crippen LogP contribution is -2.54. The summed E-state index contributed by atoms with van der Waals surface area (Å²) in [4.78, 5) is 10.6. The number of hydrogen-bond acceptors (Lipinski definition) is 11. The van der Waals surface area contributed by atoms with Crippen molar-refractivity contribution in [2.45, 2.75) is 37.5 Å². The Morgan fingerprint density at radius 2 is 2.00 bits per heavy atom. The van der Waals surface area contributed by atoms with E-state index in [0.29, 0.717) is 41.4 Å². The fourth-order valence-electron chi connectivity index (χ4n) is 4.21. The minimum atomic E-state index is -3.48. The fourth-order valence-corrected chi connectivity index (χ4v) is 5.31. The molecule has 1 saturated carbocycles. The second kappa shape index (κ2) is 9.64. The van der Waals surface area contributed by atoms with Crippen molar-refractivity contribution in [2.75, 3.05) is 34.9 Å². The molecule has 2 aromatic heterocycles. The summed E-state index contributed by atoms with van der Waals surface area (Å²) in [6.45, 7) is 0.510. The minimum Gasteiger partial charge on any atom is -0.390 e. The molecule has 1 aromatic carbocycles. The van der Waals surface area contributed by atoms with Crippen molar-refractivity contribution in [3.63, 3.8) is 0 Å². The summed E-state index contributed by atoms with van der Waals surface area (Å²) in [5.41, 5.74) is 1.82. The number of nitrogens with one attached hydrogen (secondary N) is 3. The van der Waals surface area contributed by atoms with E-state index in [1.165, 1.54) is 10.7 Å². The van der Waals surface area contributed by atoms with Crippen molar-refractivity contribution < 1.29 is 13.5 Å². The minimum absolute atomic E-state index is 0.111. The molecule has 2 aliphatic rings. The molecule has 1 saturated heterocycles. The number of rotatable bonds is 7. The van der Waals surface area contributed by atoms with E-state index in [1.807, 2.05) is 0 Å². The third-order valence-corrected chi connectivity index (χ3v) is 7.24. The van der Waals surface area contributed by atoms with Crippen LogP contribution in [0.25, 0.3) is 5.65 Å². The predicted octanol–water partition coefficient (Wildman–Crippen LogP) is 1.33. The highest BCUT2D eigenvalue weighted by molar-refractivity contribution is 7.88. The first-order chi connectivity index (χ1) is 17.6. The average molecular weight is 543 g/mol. The number of nitrogens with zero attached hydrogens (tertiary/aromatic N) is 7. The molecular formula is C22H23ClN10O3S. The Bertz CT molecular complexity index is 1560. The Morgan fingerprint density at radius 3 is 2.65 bits per heavy atom. The van der Waals surface area contributed by atoms with Crippen LogP contribution in [0.4, 0.5) is 23.1 Å². The summed E-state index contributed by atoms with van der Waals surface area (Å²) in [6, 6.07) is 6.98. The van der Waals surface area contributed by atoms with Crippen LogP contribution in [-0.4, -0.2) is 70.6 Å². The van der Waals surface area contributed by atoms with Crippen LogP contribution < -0.4 is 20.3 Å². The number of fused-ring (bicyclic) bond motifs is 1. The van der Waals surface area contributed by atoms with Crippen LogP contribution in [0.2, 0.25) is 5.02 Å². The largest absolute Gasteiger partial charge is 0.390 e. The molecule has 2 unspecified atom stereocenters. The summed E-state index contributed by atoms with van der Waals surface area (Å²) >= 11 is 6.75. The molecule has 37 heavy (non-hydrogen) atoms. The number of imidazole rings is 1. The van der Waals surface area contributed by atoms with Gasteiger partial charge in [-0.2, -0.15) is 20.0 Å². The molecule has 13 nitrogen and oxygen atoms in total. The standard InChI is InChI=1S/C22H23ClN10O3S/c1-37(35,36)31-15-4-5-32(11-18(15)34)17-7-12(8-24)6-16(19(17)23)28-22-29-20(27-13-2-3-13)21-26-10-14(9-25)33(21)30-22/h6-7,10,13,15,18,31,34H,2-5,11H2,1H3,(H2,27,28,29,30). The summed E-state index contributed by atoms with van der Waals surface area (Å²) in [6.07, 6.45) is 3.84. The molecule has 0 amide bonds. The van der Waals surface area contributed by atoms with E-state index in [1.54, 1.807) is 17.0 Å². The van der Waals surface area contributed by atoms with Crippen molar-refractivity contribution in [2.24, 2.45) is 0 Å². The van der Waals surface area contributed by atoms with E-state index in [-0.39, 0.29) is 29.3 Å². The molecule has 192 valence electrons. The molecule has 5 rings (SSSR count). The Labute approximate surface area is 217 Å². The number of aromatic nitrogens is 4. The van der Waals surface area contributed by atoms with Crippen LogP contribution in [0.5, 0.6) is 0 Å². The van der Waals surface area contributed by atoms with Crippen LogP contribution in [0.15, 0.2) is 18.3 Å². The lowest BCUT2D eigenvalue weighted by molar-refractivity contribution is 0.124. The van der Waals surface area contributed by atoms with Crippen LogP contribution in [0.3, 0.4) is 0 Å². The number of halogens is 1. The SMILES string of the molecule is CS(=O)(=O)NC1CCN(c2cc(C#N)cc(Nc3nc(NC4CC4)c4ncc(C#N)n4n3)c2Cl)CC1O.